The molecule has 4 nitrogen and oxygen atoms in total. The van der Waals surface area contributed by atoms with Gasteiger partial charge in [-0.2, -0.15) is 0 Å². The van der Waals surface area contributed by atoms with E-state index in [4.69, 9.17) is 0 Å². The molecule has 4 heteroatoms. The van der Waals surface area contributed by atoms with Crippen molar-refractivity contribution in [2.75, 3.05) is 0 Å². The highest BCUT2D eigenvalue weighted by atomic mass is 16.2. The van der Waals surface area contributed by atoms with Crippen LogP contribution in [-0.4, -0.2) is 18.0 Å². The third-order valence-electron chi connectivity index (χ3n) is 1.41. The van der Waals surface area contributed by atoms with Gasteiger partial charge in [-0.3, -0.25) is 10.1 Å². The first kappa shape index (κ1) is 7.78. The summed E-state index contributed by atoms with van der Waals surface area (Å²) < 4.78 is 0. The number of carbonyl (C=O) groups excluding carboxylic acids is 2. The van der Waals surface area contributed by atoms with E-state index in [1.807, 2.05) is 6.92 Å². The van der Waals surface area contributed by atoms with Crippen molar-refractivity contribution in [2.45, 2.75) is 19.4 Å². The highest BCUT2D eigenvalue weighted by molar-refractivity contribution is 6.04. The van der Waals surface area contributed by atoms with Gasteiger partial charge in [-0.25, -0.2) is 4.79 Å². The Kier molecular flexibility index (Phi) is 1.94. The van der Waals surface area contributed by atoms with Crippen LogP contribution in [0.15, 0.2) is 12.2 Å². The minimum atomic E-state index is -0.417. The molecule has 1 fully saturated rings. The zero-order valence-electron chi connectivity index (χ0n) is 6.31. The van der Waals surface area contributed by atoms with Gasteiger partial charge in [0.2, 0.25) is 0 Å². The van der Waals surface area contributed by atoms with Gasteiger partial charge in [0.1, 0.15) is 6.04 Å². The molecule has 1 rings (SSSR count). The van der Waals surface area contributed by atoms with E-state index in [0.29, 0.717) is 6.42 Å². The van der Waals surface area contributed by atoms with Gasteiger partial charge in [0.15, 0.2) is 0 Å². The summed E-state index contributed by atoms with van der Waals surface area (Å²) in [4.78, 5) is 21.5. The van der Waals surface area contributed by atoms with E-state index in [1.54, 1.807) is 0 Å². The quantitative estimate of drug-likeness (QED) is 0.439. The van der Waals surface area contributed by atoms with Gasteiger partial charge in [-0.15, -0.1) is 6.58 Å². The molecular formula is C7H10N2O2. The predicted molar refractivity (Wildman–Crippen MR) is 39.9 cm³/mol. The van der Waals surface area contributed by atoms with Crippen molar-refractivity contribution < 1.29 is 9.59 Å². The zero-order chi connectivity index (χ0) is 8.43. The molecule has 0 bridgehead atoms. The molecule has 1 atom stereocenters. The predicted octanol–water partition coefficient (Wildman–Crippen LogP) is 0.161. The molecule has 0 aromatic heterocycles. The van der Waals surface area contributed by atoms with Crippen molar-refractivity contribution in [1.82, 2.24) is 10.6 Å². The van der Waals surface area contributed by atoms with Crippen LogP contribution in [0.5, 0.6) is 0 Å². The maximum Gasteiger partial charge on any atom is 0.322 e. The second-order valence-electron chi connectivity index (χ2n) is 2.68. The van der Waals surface area contributed by atoms with Crippen molar-refractivity contribution in [3.63, 3.8) is 0 Å². The number of rotatable bonds is 2. The molecule has 0 saturated carbocycles. The number of imide groups is 1. The van der Waals surface area contributed by atoms with Gasteiger partial charge < -0.3 is 5.32 Å². The van der Waals surface area contributed by atoms with E-state index in [9.17, 15) is 9.59 Å². The van der Waals surface area contributed by atoms with Crippen LogP contribution in [0.3, 0.4) is 0 Å². The van der Waals surface area contributed by atoms with Crippen molar-refractivity contribution in [2.24, 2.45) is 0 Å². The fourth-order valence-corrected chi connectivity index (χ4v) is 0.951. The summed E-state index contributed by atoms with van der Waals surface area (Å²) in [6.07, 6.45) is 0.511. The smallest absolute Gasteiger partial charge is 0.322 e. The van der Waals surface area contributed by atoms with Crippen molar-refractivity contribution >= 4 is 11.9 Å². The standard InChI is InChI=1S/C7H10N2O2/c1-4(2)3-5-6(10)9-7(11)8-5/h5H,1,3H2,2H3,(H2,8,9,10,11). The van der Waals surface area contributed by atoms with Crippen LogP contribution in [0.25, 0.3) is 0 Å². The highest BCUT2D eigenvalue weighted by Crippen LogP contribution is 2.04. The van der Waals surface area contributed by atoms with Crippen LogP contribution in [0.2, 0.25) is 0 Å². The molecule has 60 valence electrons. The molecule has 1 aliphatic rings. The summed E-state index contributed by atoms with van der Waals surface area (Å²) in [5.74, 6) is -0.266. The molecule has 2 N–H and O–H groups in total. The molecule has 3 amide bonds. The zero-order valence-corrected chi connectivity index (χ0v) is 6.31. The fraction of sp³-hybridized carbons (Fsp3) is 0.429. The first-order valence-electron chi connectivity index (χ1n) is 3.35. The number of carbonyl (C=O) groups is 2. The Bertz CT molecular complexity index is 222. The SMILES string of the molecule is C=C(C)CC1NC(=O)NC1=O. The Hall–Kier alpha value is -1.32. The van der Waals surface area contributed by atoms with Crippen LogP contribution in [-0.2, 0) is 4.79 Å². The summed E-state index contributed by atoms with van der Waals surface area (Å²) in [6.45, 7) is 5.46. The lowest BCUT2D eigenvalue weighted by atomic mass is 10.1. The number of hydrogen-bond acceptors (Lipinski definition) is 2. The average molecular weight is 154 g/mol. The minimum Gasteiger partial charge on any atom is -0.326 e. The molecule has 0 radical (unpaired) electrons. The molecule has 0 aromatic rings. The van der Waals surface area contributed by atoms with Crippen LogP contribution in [0, 0.1) is 0 Å². The van der Waals surface area contributed by atoms with Gasteiger partial charge in [0.05, 0.1) is 0 Å². The van der Waals surface area contributed by atoms with Crippen LogP contribution in [0.1, 0.15) is 13.3 Å². The number of hydrogen-bond donors (Lipinski definition) is 2. The number of urea groups is 1. The van der Waals surface area contributed by atoms with Crippen LogP contribution >= 0.6 is 0 Å². The van der Waals surface area contributed by atoms with Crippen LogP contribution < -0.4 is 10.6 Å². The molecule has 0 aliphatic carbocycles. The van der Waals surface area contributed by atoms with E-state index in [1.165, 1.54) is 0 Å². The lowest BCUT2D eigenvalue weighted by molar-refractivity contribution is -0.120. The van der Waals surface area contributed by atoms with E-state index in [0.717, 1.165) is 5.57 Å². The van der Waals surface area contributed by atoms with Crippen LogP contribution in [0.4, 0.5) is 4.79 Å². The lowest BCUT2D eigenvalue weighted by Crippen LogP contribution is -2.28. The van der Waals surface area contributed by atoms with E-state index in [-0.39, 0.29) is 5.91 Å². The number of nitrogens with one attached hydrogen (secondary N) is 2. The summed E-state index contributed by atoms with van der Waals surface area (Å²) >= 11 is 0. The Labute approximate surface area is 64.7 Å². The molecule has 0 spiro atoms. The Morgan fingerprint density at radius 1 is 1.64 bits per heavy atom. The number of amides is 3. The summed E-state index contributed by atoms with van der Waals surface area (Å²) in [6, 6.07) is -0.832. The van der Waals surface area contributed by atoms with Gasteiger partial charge in [-0.05, 0) is 13.3 Å². The van der Waals surface area contributed by atoms with Gasteiger partial charge >= 0.3 is 6.03 Å². The molecular weight excluding hydrogens is 144 g/mol. The minimum absolute atomic E-state index is 0.266. The third-order valence-corrected chi connectivity index (χ3v) is 1.41. The topological polar surface area (TPSA) is 58.2 Å². The molecule has 11 heavy (non-hydrogen) atoms. The second kappa shape index (κ2) is 2.74. The monoisotopic (exact) mass is 154 g/mol. The van der Waals surface area contributed by atoms with Crippen molar-refractivity contribution in [1.29, 1.82) is 0 Å². The first-order chi connectivity index (χ1) is 5.09. The van der Waals surface area contributed by atoms with Crippen molar-refractivity contribution in [3.8, 4) is 0 Å². The molecule has 1 aliphatic heterocycles. The van der Waals surface area contributed by atoms with E-state index >= 15 is 0 Å². The molecule has 1 saturated heterocycles. The highest BCUT2D eigenvalue weighted by Gasteiger charge is 2.28. The normalized spacial score (nSPS) is 22.8. The summed E-state index contributed by atoms with van der Waals surface area (Å²) in [5, 5.41) is 4.62. The second-order valence-corrected chi connectivity index (χ2v) is 2.68. The largest absolute Gasteiger partial charge is 0.326 e. The Balaban J connectivity index is 2.53. The fourth-order valence-electron chi connectivity index (χ4n) is 0.951. The lowest BCUT2D eigenvalue weighted by Gasteiger charge is -2.04. The third kappa shape index (κ3) is 1.80. The van der Waals surface area contributed by atoms with Crippen molar-refractivity contribution in [3.05, 3.63) is 12.2 Å². The average Bonchev–Trinajstić information content (AvgIpc) is 2.09. The molecule has 1 heterocycles. The van der Waals surface area contributed by atoms with Gasteiger partial charge in [0, 0.05) is 0 Å². The summed E-state index contributed by atoms with van der Waals surface area (Å²) in [7, 11) is 0. The Morgan fingerprint density at radius 3 is 2.64 bits per heavy atom. The molecule has 1 unspecified atom stereocenters. The maximum absolute atomic E-state index is 10.9. The Morgan fingerprint density at radius 2 is 2.27 bits per heavy atom. The van der Waals surface area contributed by atoms with Gasteiger partial charge in [0.25, 0.3) is 5.91 Å². The van der Waals surface area contributed by atoms with E-state index < -0.39 is 12.1 Å². The van der Waals surface area contributed by atoms with Gasteiger partial charge in [-0.1, -0.05) is 5.57 Å². The first-order valence-corrected chi connectivity index (χ1v) is 3.35. The molecule has 0 aromatic carbocycles. The van der Waals surface area contributed by atoms with E-state index in [2.05, 4.69) is 17.2 Å². The summed E-state index contributed by atoms with van der Waals surface area (Å²) in [5.41, 5.74) is 0.882. The maximum atomic E-state index is 10.9.